The summed E-state index contributed by atoms with van der Waals surface area (Å²) in [6, 6.07) is 9.87. The first-order valence-electron chi connectivity index (χ1n) is 5.53. The third-order valence-electron chi connectivity index (χ3n) is 2.69. The van der Waals surface area contributed by atoms with Crippen LogP contribution in [-0.4, -0.2) is 5.11 Å². The van der Waals surface area contributed by atoms with Gasteiger partial charge < -0.3 is 10.4 Å². The normalized spacial score (nSPS) is 10.4. The molecule has 0 spiro atoms. The van der Waals surface area contributed by atoms with Crippen LogP contribution >= 0.6 is 15.9 Å². The molecule has 0 bridgehead atoms. The quantitative estimate of drug-likeness (QED) is 0.832. The Bertz CT molecular complexity index is 572. The van der Waals surface area contributed by atoms with Gasteiger partial charge >= 0.3 is 0 Å². The number of phenols is 1. The summed E-state index contributed by atoms with van der Waals surface area (Å²) in [4.78, 5) is 0. The molecule has 0 atom stereocenters. The van der Waals surface area contributed by atoms with Crippen LogP contribution in [0.1, 0.15) is 11.1 Å². The number of aryl methyl sites for hydroxylation is 1. The van der Waals surface area contributed by atoms with Gasteiger partial charge in [-0.15, -0.1) is 0 Å². The molecule has 18 heavy (non-hydrogen) atoms. The lowest BCUT2D eigenvalue weighted by molar-refractivity contribution is 0.471. The van der Waals surface area contributed by atoms with E-state index in [1.807, 2.05) is 13.0 Å². The summed E-state index contributed by atoms with van der Waals surface area (Å²) in [6.07, 6.45) is 0. The predicted molar refractivity (Wildman–Crippen MR) is 74.3 cm³/mol. The molecular weight excluding hydrogens is 297 g/mol. The lowest BCUT2D eigenvalue weighted by atomic mass is 10.2. The first-order valence-corrected chi connectivity index (χ1v) is 6.33. The van der Waals surface area contributed by atoms with E-state index in [9.17, 15) is 9.50 Å². The maximum absolute atomic E-state index is 13.1. The number of benzene rings is 2. The van der Waals surface area contributed by atoms with Gasteiger partial charge in [0.05, 0.1) is 0 Å². The highest BCUT2D eigenvalue weighted by molar-refractivity contribution is 9.10. The van der Waals surface area contributed by atoms with Crippen LogP contribution in [0.4, 0.5) is 10.1 Å². The number of halogens is 2. The summed E-state index contributed by atoms with van der Waals surface area (Å²) in [7, 11) is 0. The molecular formula is C14H13BrFNO. The maximum Gasteiger partial charge on any atom is 0.123 e. The Morgan fingerprint density at radius 1 is 1.22 bits per heavy atom. The minimum absolute atomic E-state index is 0.253. The molecule has 0 amide bonds. The van der Waals surface area contributed by atoms with Gasteiger partial charge in [0.25, 0.3) is 0 Å². The molecule has 0 radical (unpaired) electrons. The summed E-state index contributed by atoms with van der Waals surface area (Å²) in [6.45, 7) is 2.35. The highest BCUT2D eigenvalue weighted by Crippen LogP contribution is 2.22. The van der Waals surface area contributed by atoms with Crippen molar-refractivity contribution in [1.29, 1.82) is 0 Å². The van der Waals surface area contributed by atoms with E-state index in [-0.39, 0.29) is 11.6 Å². The van der Waals surface area contributed by atoms with E-state index < -0.39 is 0 Å². The van der Waals surface area contributed by atoms with Crippen molar-refractivity contribution < 1.29 is 9.50 Å². The van der Waals surface area contributed by atoms with Crippen molar-refractivity contribution in [3.05, 3.63) is 57.8 Å². The van der Waals surface area contributed by atoms with Crippen LogP contribution in [0.2, 0.25) is 0 Å². The second kappa shape index (κ2) is 5.40. The van der Waals surface area contributed by atoms with Gasteiger partial charge in [-0.25, -0.2) is 4.39 Å². The number of phenolic OH excluding ortho intramolecular Hbond substituents is 1. The lowest BCUT2D eigenvalue weighted by Crippen LogP contribution is -2.00. The van der Waals surface area contributed by atoms with Gasteiger partial charge in [-0.3, -0.25) is 0 Å². The molecule has 2 aromatic rings. The minimum Gasteiger partial charge on any atom is -0.508 e. The zero-order chi connectivity index (χ0) is 13.1. The monoisotopic (exact) mass is 309 g/mol. The van der Waals surface area contributed by atoms with E-state index in [1.165, 1.54) is 12.1 Å². The molecule has 0 fully saturated rings. The third-order valence-corrected chi connectivity index (χ3v) is 3.46. The molecule has 94 valence electrons. The Morgan fingerprint density at radius 3 is 2.72 bits per heavy atom. The molecule has 0 aliphatic rings. The fraction of sp³-hybridized carbons (Fsp3) is 0.143. The van der Waals surface area contributed by atoms with E-state index in [1.54, 1.807) is 18.2 Å². The van der Waals surface area contributed by atoms with Crippen LogP contribution in [0.25, 0.3) is 0 Å². The summed E-state index contributed by atoms with van der Waals surface area (Å²) < 4.78 is 14.0. The number of hydrogen-bond acceptors (Lipinski definition) is 2. The molecule has 0 saturated heterocycles. The van der Waals surface area contributed by atoms with Crippen LogP contribution in [0.15, 0.2) is 40.9 Å². The third kappa shape index (κ3) is 3.01. The molecule has 0 saturated carbocycles. The molecule has 0 unspecified atom stereocenters. The summed E-state index contributed by atoms with van der Waals surface area (Å²) in [5.74, 6) is 0.0179. The second-order valence-corrected chi connectivity index (χ2v) is 4.94. The van der Waals surface area contributed by atoms with Gasteiger partial charge in [0.1, 0.15) is 11.6 Å². The van der Waals surface area contributed by atoms with Crippen molar-refractivity contribution in [2.75, 3.05) is 5.32 Å². The van der Waals surface area contributed by atoms with Gasteiger partial charge in [0, 0.05) is 16.7 Å². The zero-order valence-corrected chi connectivity index (χ0v) is 11.5. The topological polar surface area (TPSA) is 32.3 Å². The summed E-state index contributed by atoms with van der Waals surface area (Å²) >= 11 is 3.38. The van der Waals surface area contributed by atoms with E-state index in [4.69, 9.17) is 0 Å². The second-order valence-electron chi connectivity index (χ2n) is 4.09. The smallest absolute Gasteiger partial charge is 0.123 e. The van der Waals surface area contributed by atoms with Crippen LogP contribution < -0.4 is 5.32 Å². The SMILES string of the molecule is Cc1cc(NCc2cc(F)ccc2Br)ccc1O. The maximum atomic E-state index is 13.1. The Hall–Kier alpha value is -1.55. The fourth-order valence-corrected chi connectivity index (χ4v) is 2.03. The van der Waals surface area contributed by atoms with E-state index in [0.29, 0.717) is 6.54 Å². The molecule has 0 heterocycles. The Kier molecular flexibility index (Phi) is 3.87. The van der Waals surface area contributed by atoms with Crippen LogP contribution in [0, 0.1) is 12.7 Å². The van der Waals surface area contributed by atoms with Crippen molar-refractivity contribution in [1.82, 2.24) is 0 Å². The van der Waals surface area contributed by atoms with Crippen molar-refractivity contribution in [2.24, 2.45) is 0 Å². The Morgan fingerprint density at radius 2 is 2.00 bits per heavy atom. The number of hydrogen-bond donors (Lipinski definition) is 2. The average molecular weight is 310 g/mol. The van der Waals surface area contributed by atoms with Gasteiger partial charge in [-0.2, -0.15) is 0 Å². The Balaban J connectivity index is 2.11. The lowest BCUT2D eigenvalue weighted by Gasteiger charge is -2.09. The molecule has 2 rings (SSSR count). The molecule has 0 aromatic heterocycles. The molecule has 2 aromatic carbocycles. The molecule has 2 N–H and O–H groups in total. The van der Waals surface area contributed by atoms with Gasteiger partial charge in [-0.1, -0.05) is 15.9 Å². The predicted octanol–water partition coefficient (Wildman–Crippen LogP) is 4.21. The van der Waals surface area contributed by atoms with Crippen LogP contribution in [0.3, 0.4) is 0 Å². The fourth-order valence-electron chi connectivity index (χ4n) is 1.64. The van der Waals surface area contributed by atoms with Gasteiger partial charge in [-0.05, 0) is 54.4 Å². The number of rotatable bonds is 3. The minimum atomic E-state index is -0.253. The molecule has 2 nitrogen and oxygen atoms in total. The molecule has 0 aliphatic carbocycles. The van der Waals surface area contributed by atoms with Gasteiger partial charge in [0.2, 0.25) is 0 Å². The van der Waals surface area contributed by atoms with E-state index in [0.717, 1.165) is 21.3 Å². The van der Waals surface area contributed by atoms with Crippen molar-refractivity contribution in [2.45, 2.75) is 13.5 Å². The van der Waals surface area contributed by atoms with Crippen LogP contribution in [-0.2, 0) is 6.54 Å². The number of anilines is 1. The average Bonchev–Trinajstić information content (AvgIpc) is 2.34. The van der Waals surface area contributed by atoms with E-state index >= 15 is 0 Å². The largest absolute Gasteiger partial charge is 0.508 e. The van der Waals surface area contributed by atoms with Crippen molar-refractivity contribution in [3.8, 4) is 5.75 Å². The highest BCUT2D eigenvalue weighted by atomic mass is 79.9. The molecule has 4 heteroatoms. The first kappa shape index (κ1) is 12.9. The standard InChI is InChI=1S/C14H13BrFNO/c1-9-6-12(3-5-14(9)18)17-8-10-7-11(16)2-4-13(10)15/h2-7,17-18H,8H2,1H3. The summed E-state index contributed by atoms with van der Waals surface area (Å²) in [5.41, 5.74) is 2.54. The van der Waals surface area contributed by atoms with Crippen LogP contribution in [0.5, 0.6) is 5.75 Å². The highest BCUT2D eigenvalue weighted by Gasteiger charge is 2.03. The number of nitrogens with one attached hydrogen (secondary N) is 1. The van der Waals surface area contributed by atoms with E-state index in [2.05, 4.69) is 21.2 Å². The molecule has 0 aliphatic heterocycles. The first-order chi connectivity index (χ1) is 8.56. The zero-order valence-electron chi connectivity index (χ0n) is 9.87. The van der Waals surface area contributed by atoms with Crippen molar-refractivity contribution in [3.63, 3.8) is 0 Å². The van der Waals surface area contributed by atoms with Gasteiger partial charge in [0.15, 0.2) is 0 Å². The van der Waals surface area contributed by atoms with Crippen molar-refractivity contribution >= 4 is 21.6 Å². The summed E-state index contributed by atoms with van der Waals surface area (Å²) in [5, 5.41) is 12.6. The number of aromatic hydroxyl groups is 1. The Labute approximate surface area is 114 Å².